The number of piperidine rings is 1. The SMILES string of the molecule is CN1C(=O)c2c(O)c(=O)ccn2N2C1/C(=C/c1ccccc1)C[C@@H](O)[C@@]2(C)c1ccccc1. The topological polar surface area (TPSA) is 86.0 Å². The maximum atomic E-state index is 13.4. The Morgan fingerprint density at radius 1 is 1.00 bits per heavy atom. The van der Waals surface area contributed by atoms with Gasteiger partial charge in [-0.2, -0.15) is 0 Å². The molecule has 0 spiro atoms. The molecule has 7 heteroatoms. The Kier molecular flexibility index (Phi) is 4.87. The van der Waals surface area contributed by atoms with Crippen LogP contribution in [-0.4, -0.2) is 45.0 Å². The van der Waals surface area contributed by atoms with Gasteiger partial charge in [-0.05, 0) is 23.6 Å². The summed E-state index contributed by atoms with van der Waals surface area (Å²) in [6.45, 7) is 1.92. The highest BCUT2D eigenvalue weighted by Gasteiger charge is 2.54. The van der Waals surface area contributed by atoms with Crippen LogP contribution in [-0.2, 0) is 5.54 Å². The van der Waals surface area contributed by atoms with E-state index in [2.05, 4.69) is 0 Å². The molecule has 3 aromatic rings. The van der Waals surface area contributed by atoms with Crippen LogP contribution in [0.25, 0.3) is 6.08 Å². The third kappa shape index (κ3) is 3.08. The number of hydrogen-bond acceptors (Lipinski definition) is 5. The van der Waals surface area contributed by atoms with Crippen molar-refractivity contribution in [3.63, 3.8) is 0 Å². The van der Waals surface area contributed by atoms with E-state index < -0.39 is 34.9 Å². The minimum Gasteiger partial charge on any atom is -0.502 e. The zero-order valence-electron chi connectivity index (χ0n) is 18.4. The lowest BCUT2D eigenvalue weighted by atomic mass is 9.77. The van der Waals surface area contributed by atoms with Crippen molar-refractivity contribution in [2.45, 2.75) is 31.2 Å². The highest BCUT2D eigenvalue weighted by molar-refractivity contribution is 5.97. The maximum Gasteiger partial charge on any atom is 0.278 e. The molecule has 2 N–H and O–H groups in total. The number of aliphatic hydroxyl groups is 1. The summed E-state index contributed by atoms with van der Waals surface area (Å²) in [5, 5.41) is 24.0. The molecule has 3 atom stereocenters. The Morgan fingerprint density at radius 2 is 1.64 bits per heavy atom. The van der Waals surface area contributed by atoms with Gasteiger partial charge in [-0.3, -0.25) is 19.3 Å². The molecule has 2 aromatic carbocycles. The minimum atomic E-state index is -0.953. The maximum absolute atomic E-state index is 13.4. The molecule has 1 amide bonds. The van der Waals surface area contributed by atoms with Gasteiger partial charge in [-0.1, -0.05) is 66.7 Å². The second-order valence-corrected chi connectivity index (χ2v) is 8.72. The molecule has 5 rings (SSSR count). The summed E-state index contributed by atoms with van der Waals surface area (Å²) in [5.74, 6) is -1.06. The van der Waals surface area contributed by atoms with E-state index in [0.29, 0.717) is 6.42 Å². The molecule has 1 fully saturated rings. The van der Waals surface area contributed by atoms with E-state index in [1.165, 1.54) is 21.8 Å². The molecule has 0 radical (unpaired) electrons. The average Bonchev–Trinajstić information content (AvgIpc) is 2.83. The van der Waals surface area contributed by atoms with Crippen LogP contribution in [0.2, 0.25) is 0 Å². The Morgan fingerprint density at radius 3 is 2.30 bits per heavy atom. The smallest absolute Gasteiger partial charge is 0.278 e. The summed E-state index contributed by atoms with van der Waals surface area (Å²) in [4.78, 5) is 27.1. The number of carbonyl (C=O) groups excluding carboxylic acids is 1. The van der Waals surface area contributed by atoms with Gasteiger partial charge < -0.3 is 15.1 Å². The van der Waals surface area contributed by atoms with Gasteiger partial charge in [0.15, 0.2) is 11.4 Å². The van der Waals surface area contributed by atoms with Crippen molar-refractivity contribution in [1.29, 1.82) is 0 Å². The first-order chi connectivity index (χ1) is 15.8. The van der Waals surface area contributed by atoms with Crippen LogP contribution in [0.4, 0.5) is 0 Å². The van der Waals surface area contributed by atoms with E-state index in [4.69, 9.17) is 0 Å². The fourth-order valence-electron chi connectivity index (χ4n) is 5.02. The lowest BCUT2D eigenvalue weighted by molar-refractivity contribution is 0.0125. The highest BCUT2D eigenvalue weighted by Crippen LogP contribution is 2.45. The molecular formula is C26H25N3O4. The second-order valence-electron chi connectivity index (χ2n) is 8.72. The number of benzene rings is 2. The van der Waals surface area contributed by atoms with E-state index in [1.807, 2.05) is 78.7 Å². The second kappa shape index (κ2) is 7.64. The van der Waals surface area contributed by atoms with Crippen molar-refractivity contribution >= 4 is 12.0 Å². The zero-order valence-corrected chi connectivity index (χ0v) is 18.4. The summed E-state index contributed by atoms with van der Waals surface area (Å²) >= 11 is 0. The molecule has 2 aliphatic rings. The van der Waals surface area contributed by atoms with Gasteiger partial charge in [0.2, 0.25) is 5.43 Å². The van der Waals surface area contributed by atoms with Gasteiger partial charge in [-0.25, -0.2) is 0 Å². The third-order valence-electron chi connectivity index (χ3n) is 6.80. The molecule has 1 saturated heterocycles. The van der Waals surface area contributed by atoms with E-state index in [1.54, 1.807) is 7.05 Å². The number of pyridine rings is 1. The first-order valence-electron chi connectivity index (χ1n) is 10.8. The minimum absolute atomic E-state index is 0.114. The largest absolute Gasteiger partial charge is 0.502 e. The molecule has 0 saturated carbocycles. The molecule has 7 nitrogen and oxygen atoms in total. The predicted molar refractivity (Wildman–Crippen MR) is 125 cm³/mol. The number of aliphatic hydroxyl groups excluding tert-OH is 1. The molecule has 2 aliphatic heterocycles. The number of carbonyl (C=O) groups is 1. The van der Waals surface area contributed by atoms with E-state index in [0.717, 1.165) is 16.7 Å². The van der Waals surface area contributed by atoms with Crippen molar-refractivity contribution in [3.8, 4) is 5.75 Å². The quantitative estimate of drug-likeness (QED) is 0.636. The highest BCUT2D eigenvalue weighted by atomic mass is 16.3. The normalized spacial score (nSPS) is 25.7. The van der Waals surface area contributed by atoms with Crippen molar-refractivity contribution in [2.75, 3.05) is 12.1 Å². The number of aromatic hydroxyl groups is 1. The molecular weight excluding hydrogens is 418 g/mol. The Balaban J connectivity index is 1.80. The van der Waals surface area contributed by atoms with Crippen LogP contribution in [0.3, 0.4) is 0 Å². The molecule has 0 bridgehead atoms. The molecule has 1 aromatic heterocycles. The first kappa shape index (κ1) is 21.0. The van der Waals surface area contributed by atoms with Crippen LogP contribution in [0.1, 0.15) is 35.0 Å². The summed E-state index contributed by atoms with van der Waals surface area (Å²) in [6, 6.07) is 20.6. The number of rotatable bonds is 2. The number of aromatic nitrogens is 1. The zero-order chi connectivity index (χ0) is 23.3. The van der Waals surface area contributed by atoms with Gasteiger partial charge >= 0.3 is 0 Å². The molecule has 33 heavy (non-hydrogen) atoms. The predicted octanol–water partition coefficient (Wildman–Crippen LogP) is 2.67. The summed E-state index contributed by atoms with van der Waals surface area (Å²) < 4.78 is 1.53. The van der Waals surface area contributed by atoms with Gasteiger partial charge in [0.05, 0.1) is 6.10 Å². The van der Waals surface area contributed by atoms with Crippen LogP contribution in [0.15, 0.2) is 83.3 Å². The molecule has 0 aliphatic carbocycles. The standard InChI is InChI=1S/C26H25N3O4/c1-26(19-11-7-4-8-12-19)21(31)16-18(15-17-9-5-3-6-10-17)24-27(2)25(33)22-23(32)20(30)13-14-28(22)29(24)26/h3-15,21,24,31-32H,16H2,1-2H3/b18-15+/t21-,24?,26-/m1/s1. The lowest BCUT2D eigenvalue weighted by Crippen LogP contribution is -2.72. The average molecular weight is 444 g/mol. The van der Waals surface area contributed by atoms with Gasteiger partial charge in [0, 0.05) is 25.7 Å². The molecule has 168 valence electrons. The van der Waals surface area contributed by atoms with E-state index in [9.17, 15) is 19.8 Å². The summed E-state index contributed by atoms with van der Waals surface area (Å²) in [5.41, 5.74) is 0.967. The van der Waals surface area contributed by atoms with E-state index >= 15 is 0 Å². The third-order valence-corrected chi connectivity index (χ3v) is 6.80. The monoisotopic (exact) mass is 443 g/mol. The van der Waals surface area contributed by atoms with Gasteiger partial charge in [0.1, 0.15) is 11.7 Å². The summed E-state index contributed by atoms with van der Waals surface area (Å²) in [6.07, 6.45) is 2.46. The van der Waals surface area contributed by atoms with Crippen molar-refractivity contribution in [2.24, 2.45) is 0 Å². The van der Waals surface area contributed by atoms with Crippen molar-refractivity contribution < 1.29 is 15.0 Å². The number of amides is 1. The summed E-state index contributed by atoms with van der Waals surface area (Å²) in [7, 11) is 1.66. The Labute approximate surface area is 191 Å². The van der Waals surface area contributed by atoms with Crippen LogP contribution >= 0.6 is 0 Å². The number of hydrogen-bond donors (Lipinski definition) is 2. The molecule has 3 heterocycles. The number of likely N-dealkylation sites (N-methyl/N-ethyl adjacent to an activating group) is 1. The fraction of sp³-hybridized carbons (Fsp3) is 0.231. The Hall–Kier alpha value is -3.84. The fourth-order valence-corrected chi connectivity index (χ4v) is 5.02. The number of fused-ring (bicyclic) bond motifs is 3. The van der Waals surface area contributed by atoms with Crippen LogP contribution in [0, 0.1) is 0 Å². The van der Waals surface area contributed by atoms with Crippen molar-refractivity contribution in [3.05, 3.63) is 106 Å². The number of nitrogens with zero attached hydrogens (tertiary/aromatic N) is 3. The lowest BCUT2D eigenvalue weighted by Gasteiger charge is -2.58. The Bertz CT molecular complexity index is 1300. The van der Waals surface area contributed by atoms with Crippen LogP contribution in [0.5, 0.6) is 5.75 Å². The molecule has 1 unspecified atom stereocenters. The van der Waals surface area contributed by atoms with Crippen molar-refractivity contribution in [1.82, 2.24) is 9.58 Å². The van der Waals surface area contributed by atoms with Gasteiger partial charge in [0.25, 0.3) is 5.91 Å². The van der Waals surface area contributed by atoms with E-state index in [-0.39, 0.29) is 5.69 Å². The van der Waals surface area contributed by atoms with Gasteiger partial charge in [-0.15, -0.1) is 0 Å². The first-order valence-corrected chi connectivity index (χ1v) is 10.8. The van der Waals surface area contributed by atoms with Crippen LogP contribution < -0.4 is 10.4 Å².